The molecule has 1 unspecified atom stereocenters. The zero-order valence-electron chi connectivity index (χ0n) is 11.0. The summed E-state index contributed by atoms with van der Waals surface area (Å²) in [7, 11) is 0. The summed E-state index contributed by atoms with van der Waals surface area (Å²) < 4.78 is 0. The lowest BCUT2D eigenvalue weighted by Gasteiger charge is -2.25. The molecule has 1 aliphatic heterocycles. The van der Waals surface area contributed by atoms with E-state index in [-0.39, 0.29) is 0 Å². The number of benzene rings is 2. The second-order valence-electron chi connectivity index (χ2n) is 5.17. The van der Waals surface area contributed by atoms with Crippen LogP contribution in [0.4, 0.5) is 5.69 Å². The SMILES string of the molecule is CC1CCCN1c1ccc(C(=O)O)c2ccccc12. The maximum absolute atomic E-state index is 11.3. The van der Waals surface area contributed by atoms with Gasteiger partial charge in [-0.3, -0.25) is 0 Å². The van der Waals surface area contributed by atoms with Crippen molar-refractivity contribution in [3.8, 4) is 0 Å². The zero-order valence-corrected chi connectivity index (χ0v) is 11.0. The Hall–Kier alpha value is -2.03. The summed E-state index contributed by atoms with van der Waals surface area (Å²) in [5, 5.41) is 11.1. The van der Waals surface area contributed by atoms with Crippen molar-refractivity contribution < 1.29 is 9.90 Å². The fraction of sp³-hybridized carbons (Fsp3) is 0.312. The fourth-order valence-corrected chi connectivity index (χ4v) is 3.01. The minimum atomic E-state index is -0.864. The van der Waals surface area contributed by atoms with E-state index in [0.717, 1.165) is 23.0 Å². The van der Waals surface area contributed by atoms with Gasteiger partial charge in [-0.2, -0.15) is 0 Å². The first-order chi connectivity index (χ1) is 9.18. The monoisotopic (exact) mass is 255 g/mol. The lowest BCUT2D eigenvalue weighted by Crippen LogP contribution is -2.26. The molecule has 1 atom stereocenters. The van der Waals surface area contributed by atoms with Crippen LogP contribution < -0.4 is 4.90 Å². The number of carboxylic acid groups (broad SMARTS) is 1. The molecule has 0 radical (unpaired) electrons. The van der Waals surface area contributed by atoms with Crippen LogP contribution >= 0.6 is 0 Å². The van der Waals surface area contributed by atoms with Crippen molar-refractivity contribution in [3.05, 3.63) is 42.0 Å². The Morgan fingerprint density at radius 1 is 1.21 bits per heavy atom. The van der Waals surface area contributed by atoms with E-state index in [4.69, 9.17) is 0 Å². The van der Waals surface area contributed by atoms with Crippen molar-refractivity contribution >= 4 is 22.4 Å². The molecule has 1 saturated heterocycles. The number of carboxylic acids is 1. The predicted molar refractivity (Wildman–Crippen MR) is 76.9 cm³/mol. The third kappa shape index (κ3) is 1.95. The maximum atomic E-state index is 11.3. The van der Waals surface area contributed by atoms with Crippen molar-refractivity contribution in [2.75, 3.05) is 11.4 Å². The van der Waals surface area contributed by atoms with Crippen LogP contribution in [0.25, 0.3) is 10.8 Å². The molecule has 2 aromatic rings. The molecule has 3 rings (SSSR count). The van der Waals surface area contributed by atoms with Gasteiger partial charge < -0.3 is 10.0 Å². The van der Waals surface area contributed by atoms with Crippen LogP contribution in [0.5, 0.6) is 0 Å². The van der Waals surface area contributed by atoms with Crippen LogP contribution in [0.15, 0.2) is 36.4 Å². The van der Waals surface area contributed by atoms with Gasteiger partial charge in [0.2, 0.25) is 0 Å². The van der Waals surface area contributed by atoms with Gasteiger partial charge >= 0.3 is 5.97 Å². The Kier molecular flexibility index (Phi) is 2.90. The first-order valence-electron chi connectivity index (χ1n) is 6.70. The van der Waals surface area contributed by atoms with E-state index < -0.39 is 5.97 Å². The number of hydrogen-bond acceptors (Lipinski definition) is 2. The third-order valence-electron chi connectivity index (χ3n) is 3.99. The van der Waals surface area contributed by atoms with Crippen LogP contribution in [0.3, 0.4) is 0 Å². The second kappa shape index (κ2) is 4.57. The fourth-order valence-electron chi connectivity index (χ4n) is 3.01. The number of nitrogens with zero attached hydrogens (tertiary/aromatic N) is 1. The minimum Gasteiger partial charge on any atom is -0.478 e. The lowest BCUT2D eigenvalue weighted by molar-refractivity contribution is 0.0699. The number of rotatable bonds is 2. The average molecular weight is 255 g/mol. The molecule has 0 saturated carbocycles. The number of carbonyl (C=O) groups is 1. The zero-order chi connectivity index (χ0) is 13.4. The third-order valence-corrected chi connectivity index (χ3v) is 3.99. The second-order valence-corrected chi connectivity index (χ2v) is 5.17. The summed E-state index contributed by atoms with van der Waals surface area (Å²) in [6, 6.07) is 12.0. The Labute approximate surface area is 112 Å². The van der Waals surface area contributed by atoms with Crippen molar-refractivity contribution in [3.63, 3.8) is 0 Å². The van der Waals surface area contributed by atoms with E-state index in [9.17, 15) is 9.90 Å². The molecule has 1 fully saturated rings. The Bertz CT molecular complexity index is 636. The van der Waals surface area contributed by atoms with Gasteiger partial charge in [0.1, 0.15) is 0 Å². The number of hydrogen-bond donors (Lipinski definition) is 1. The highest BCUT2D eigenvalue weighted by atomic mass is 16.4. The molecule has 0 aromatic heterocycles. The van der Waals surface area contributed by atoms with E-state index in [1.165, 1.54) is 12.8 Å². The molecule has 0 amide bonds. The largest absolute Gasteiger partial charge is 0.478 e. The first-order valence-corrected chi connectivity index (χ1v) is 6.70. The summed E-state index contributed by atoms with van der Waals surface area (Å²) >= 11 is 0. The average Bonchev–Trinajstić information content (AvgIpc) is 2.83. The predicted octanol–water partition coefficient (Wildman–Crippen LogP) is 3.53. The van der Waals surface area contributed by atoms with Crippen molar-refractivity contribution in [2.45, 2.75) is 25.8 Å². The van der Waals surface area contributed by atoms with Crippen LogP contribution in [0, 0.1) is 0 Å². The molecule has 0 aliphatic carbocycles. The highest BCUT2D eigenvalue weighted by Crippen LogP contribution is 2.33. The molecule has 19 heavy (non-hydrogen) atoms. The van der Waals surface area contributed by atoms with Crippen LogP contribution in [0.2, 0.25) is 0 Å². The van der Waals surface area contributed by atoms with E-state index in [1.807, 2.05) is 30.3 Å². The highest BCUT2D eigenvalue weighted by molar-refractivity contribution is 6.08. The van der Waals surface area contributed by atoms with Gasteiger partial charge in [0, 0.05) is 23.7 Å². The minimum absolute atomic E-state index is 0.381. The molecule has 1 heterocycles. The Morgan fingerprint density at radius 3 is 2.58 bits per heavy atom. The van der Waals surface area contributed by atoms with Gasteiger partial charge in [-0.25, -0.2) is 4.79 Å². The Balaban J connectivity index is 2.22. The van der Waals surface area contributed by atoms with Gasteiger partial charge in [0.15, 0.2) is 0 Å². The first kappa shape index (κ1) is 12.0. The molecular formula is C16H17NO2. The summed E-state index contributed by atoms with van der Waals surface area (Å²) in [4.78, 5) is 13.7. The molecule has 2 aromatic carbocycles. The van der Waals surface area contributed by atoms with Crippen molar-refractivity contribution in [1.82, 2.24) is 0 Å². The lowest BCUT2D eigenvalue weighted by atomic mass is 10.0. The molecule has 98 valence electrons. The number of aromatic carboxylic acids is 1. The highest BCUT2D eigenvalue weighted by Gasteiger charge is 2.23. The van der Waals surface area contributed by atoms with Crippen LogP contribution in [-0.4, -0.2) is 23.7 Å². The molecule has 1 aliphatic rings. The van der Waals surface area contributed by atoms with Gasteiger partial charge in [-0.1, -0.05) is 24.3 Å². The summed E-state index contributed by atoms with van der Waals surface area (Å²) in [5.74, 6) is -0.864. The molecule has 1 N–H and O–H groups in total. The van der Waals surface area contributed by atoms with Gasteiger partial charge in [-0.15, -0.1) is 0 Å². The van der Waals surface area contributed by atoms with Crippen molar-refractivity contribution in [2.24, 2.45) is 0 Å². The molecule has 0 bridgehead atoms. The van der Waals surface area contributed by atoms with Gasteiger partial charge in [0.05, 0.1) is 5.56 Å². The summed E-state index contributed by atoms with van der Waals surface area (Å²) in [6.07, 6.45) is 2.41. The van der Waals surface area contributed by atoms with E-state index in [2.05, 4.69) is 11.8 Å². The topological polar surface area (TPSA) is 40.5 Å². The maximum Gasteiger partial charge on any atom is 0.336 e. The van der Waals surface area contributed by atoms with E-state index >= 15 is 0 Å². The van der Waals surface area contributed by atoms with E-state index in [0.29, 0.717) is 11.6 Å². The number of anilines is 1. The van der Waals surface area contributed by atoms with Crippen molar-refractivity contribution in [1.29, 1.82) is 0 Å². The molecule has 0 spiro atoms. The summed E-state index contributed by atoms with van der Waals surface area (Å²) in [5.41, 5.74) is 1.54. The smallest absolute Gasteiger partial charge is 0.336 e. The number of fused-ring (bicyclic) bond motifs is 1. The molecular weight excluding hydrogens is 238 g/mol. The van der Waals surface area contributed by atoms with Crippen LogP contribution in [0.1, 0.15) is 30.1 Å². The standard InChI is InChI=1S/C16H17NO2/c1-11-5-4-10-17(11)15-9-8-14(16(18)19)12-6-2-3-7-13(12)15/h2-3,6-9,11H,4-5,10H2,1H3,(H,18,19). The molecule has 3 nitrogen and oxygen atoms in total. The van der Waals surface area contributed by atoms with Gasteiger partial charge in [-0.05, 0) is 37.3 Å². The summed E-state index contributed by atoms with van der Waals surface area (Å²) in [6.45, 7) is 3.28. The van der Waals surface area contributed by atoms with Gasteiger partial charge in [0.25, 0.3) is 0 Å². The molecule has 3 heteroatoms. The Morgan fingerprint density at radius 2 is 1.95 bits per heavy atom. The normalized spacial score (nSPS) is 19.0. The van der Waals surface area contributed by atoms with Crippen LogP contribution in [-0.2, 0) is 0 Å². The quantitative estimate of drug-likeness (QED) is 0.892. The van der Waals surface area contributed by atoms with E-state index in [1.54, 1.807) is 6.07 Å².